The van der Waals surface area contributed by atoms with Gasteiger partial charge in [-0.25, -0.2) is 17.3 Å². The van der Waals surface area contributed by atoms with Crippen molar-refractivity contribution in [2.24, 2.45) is 5.73 Å². The van der Waals surface area contributed by atoms with Crippen LogP contribution in [-0.4, -0.2) is 29.7 Å². The summed E-state index contributed by atoms with van der Waals surface area (Å²) >= 11 is 9.46. The summed E-state index contributed by atoms with van der Waals surface area (Å²) < 4.78 is 44.3. The van der Waals surface area contributed by atoms with E-state index in [9.17, 15) is 17.6 Å². The summed E-state index contributed by atoms with van der Waals surface area (Å²) in [5.41, 5.74) is 9.18. The van der Waals surface area contributed by atoms with Crippen LogP contribution in [-0.2, 0) is 16.4 Å². The molecule has 0 unspecified atom stereocenters. The Hall–Kier alpha value is -2.95. The number of aromatic nitrogens is 2. The zero-order valence-corrected chi connectivity index (χ0v) is 22.0. The molecule has 0 atom stereocenters. The van der Waals surface area contributed by atoms with E-state index in [2.05, 4.69) is 25.8 Å². The van der Waals surface area contributed by atoms with E-state index in [4.69, 9.17) is 17.3 Å². The molecule has 1 aliphatic carbocycles. The normalized spacial score (nSPS) is 13.8. The Bertz CT molecular complexity index is 1600. The fourth-order valence-corrected chi connectivity index (χ4v) is 5.70. The third kappa shape index (κ3) is 5.11. The number of fused-ring (bicyclic) bond motifs is 1. The van der Waals surface area contributed by atoms with Gasteiger partial charge >= 0.3 is 0 Å². The smallest absolute Gasteiger partial charge is 0.253 e. The number of aryl methyl sites for hydroxylation is 1. The Kier molecular flexibility index (Phi) is 6.52. The van der Waals surface area contributed by atoms with E-state index in [1.165, 1.54) is 28.8 Å². The van der Waals surface area contributed by atoms with Gasteiger partial charge in [0.2, 0.25) is 10.0 Å². The van der Waals surface area contributed by atoms with Gasteiger partial charge < -0.3 is 5.73 Å². The molecule has 2 aromatic heterocycles. The highest BCUT2D eigenvalue weighted by Crippen LogP contribution is 2.45. The fraction of sp³-hybridized carbons (Fsp3) is 0.200. The van der Waals surface area contributed by atoms with Gasteiger partial charge in [0.15, 0.2) is 0 Å². The number of anilines is 1. The minimum atomic E-state index is -3.71. The van der Waals surface area contributed by atoms with Crippen molar-refractivity contribution in [1.82, 2.24) is 9.61 Å². The van der Waals surface area contributed by atoms with Crippen LogP contribution in [0, 0.1) is 5.82 Å². The number of rotatable bonds is 8. The summed E-state index contributed by atoms with van der Waals surface area (Å²) in [6.07, 6.45) is 3.67. The molecule has 1 saturated carbocycles. The molecule has 2 heterocycles. The summed E-state index contributed by atoms with van der Waals surface area (Å²) in [7, 11) is -3.71. The van der Waals surface area contributed by atoms with Gasteiger partial charge in [-0.3, -0.25) is 9.52 Å². The summed E-state index contributed by atoms with van der Waals surface area (Å²) in [6, 6.07) is 12.7. The van der Waals surface area contributed by atoms with Crippen molar-refractivity contribution in [1.29, 1.82) is 0 Å². The minimum absolute atomic E-state index is 0.139. The number of pyridine rings is 1. The number of carbonyl (C=O) groups excluding carboxylic acids is 1. The number of halogens is 3. The van der Waals surface area contributed by atoms with E-state index in [0.717, 1.165) is 28.4 Å². The Morgan fingerprint density at radius 1 is 1.19 bits per heavy atom. The number of benzene rings is 2. The van der Waals surface area contributed by atoms with E-state index in [-0.39, 0.29) is 23.7 Å². The van der Waals surface area contributed by atoms with Crippen molar-refractivity contribution >= 4 is 54.7 Å². The maximum Gasteiger partial charge on any atom is 0.253 e. The molecule has 0 aliphatic heterocycles. The quantitative estimate of drug-likeness (QED) is 0.282. The average Bonchev–Trinajstić information content (AvgIpc) is 3.60. The molecular weight excluding hydrogens is 571 g/mol. The monoisotopic (exact) mass is 590 g/mol. The van der Waals surface area contributed by atoms with Crippen LogP contribution in [0.1, 0.15) is 40.2 Å². The maximum atomic E-state index is 13.4. The van der Waals surface area contributed by atoms with E-state index < -0.39 is 21.7 Å². The Morgan fingerprint density at radius 2 is 1.92 bits per heavy atom. The molecule has 0 bridgehead atoms. The molecule has 186 valence electrons. The van der Waals surface area contributed by atoms with Crippen LogP contribution in [0.25, 0.3) is 16.8 Å². The van der Waals surface area contributed by atoms with Crippen LogP contribution < -0.4 is 10.5 Å². The molecule has 1 fully saturated rings. The minimum Gasteiger partial charge on any atom is -0.365 e. The molecule has 1 amide bonds. The maximum absolute atomic E-state index is 13.4. The molecule has 7 nitrogen and oxygen atoms in total. The van der Waals surface area contributed by atoms with Crippen molar-refractivity contribution in [2.45, 2.75) is 25.2 Å². The SMILES string of the molecule is NC(=O)c1c(-c2ccc(F)cc2)nn2cc(NS(=O)(=O)CCc3ccc(Br)c(Cl)c3)c(C3CC3)cc12. The van der Waals surface area contributed by atoms with Crippen LogP contribution in [0.15, 0.2) is 59.2 Å². The van der Waals surface area contributed by atoms with Crippen LogP contribution >= 0.6 is 27.5 Å². The Balaban J connectivity index is 1.50. The number of hydrogen-bond donors (Lipinski definition) is 2. The molecule has 2 aromatic carbocycles. The highest BCUT2D eigenvalue weighted by molar-refractivity contribution is 9.10. The predicted molar refractivity (Wildman–Crippen MR) is 141 cm³/mol. The van der Waals surface area contributed by atoms with Crippen molar-refractivity contribution < 1.29 is 17.6 Å². The lowest BCUT2D eigenvalue weighted by molar-refractivity contribution is 0.100. The van der Waals surface area contributed by atoms with Crippen molar-refractivity contribution in [3.8, 4) is 11.3 Å². The van der Waals surface area contributed by atoms with Gasteiger partial charge in [-0.05, 0) is 94.7 Å². The molecule has 36 heavy (non-hydrogen) atoms. The standard InChI is InChI=1S/C25H21BrClFN4O3S/c26-19-8-1-14(11-20(19)27)9-10-36(34,35)31-21-13-32-22(12-18(21)15-2-3-15)23(25(29)33)24(30-32)16-4-6-17(28)7-5-16/h1,4-8,11-13,15,31H,2-3,9-10H2,(H2,29,33). The first kappa shape index (κ1) is 24.7. The van der Waals surface area contributed by atoms with Crippen molar-refractivity contribution in [2.75, 3.05) is 10.5 Å². The van der Waals surface area contributed by atoms with E-state index in [1.807, 2.05) is 6.07 Å². The lowest BCUT2D eigenvalue weighted by Crippen LogP contribution is -2.19. The predicted octanol–water partition coefficient (Wildman–Crippen LogP) is 5.52. The first-order chi connectivity index (χ1) is 17.1. The molecule has 3 N–H and O–H groups in total. The average molecular weight is 592 g/mol. The largest absolute Gasteiger partial charge is 0.365 e. The number of nitrogens with one attached hydrogen (secondary N) is 1. The van der Waals surface area contributed by atoms with E-state index in [0.29, 0.717) is 27.5 Å². The topological polar surface area (TPSA) is 107 Å². The van der Waals surface area contributed by atoms with Gasteiger partial charge in [-0.15, -0.1) is 0 Å². The summed E-state index contributed by atoms with van der Waals surface area (Å²) in [6.45, 7) is 0. The molecule has 0 radical (unpaired) electrons. The van der Waals surface area contributed by atoms with Crippen LogP contribution in [0.3, 0.4) is 0 Å². The molecule has 4 aromatic rings. The van der Waals surface area contributed by atoms with Crippen molar-refractivity contribution in [3.05, 3.63) is 86.7 Å². The highest BCUT2D eigenvalue weighted by Gasteiger charge is 2.30. The van der Waals surface area contributed by atoms with Crippen molar-refractivity contribution in [3.63, 3.8) is 0 Å². The third-order valence-electron chi connectivity index (χ3n) is 6.09. The number of hydrogen-bond acceptors (Lipinski definition) is 4. The molecule has 0 spiro atoms. The zero-order chi connectivity index (χ0) is 25.6. The second kappa shape index (κ2) is 9.49. The van der Waals surface area contributed by atoms with Crippen LogP contribution in [0.2, 0.25) is 5.02 Å². The zero-order valence-electron chi connectivity index (χ0n) is 18.8. The molecule has 11 heteroatoms. The summed E-state index contributed by atoms with van der Waals surface area (Å²) in [5, 5.41) is 5.01. The van der Waals surface area contributed by atoms with Gasteiger partial charge in [-0.2, -0.15) is 5.10 Å². The number of nitrogens with two attached hydrogens (primary N) is 1. The molecule has 5 rings (SSSR count). The Morgan fingerprint density at radius 3 is 2.56 bits per heavy atom. The lowest BCUT2D eigenvalue weighted by atomic mass is 10.0. The highest BCUT2D eigenvalue weighted by atomic mass is 79.9. The van der Waals surface area contributed by atoms with E-state index in [1.54, 1.807) is 24.4 Å². The van der Waals surface area contributed by atoms with Gasteiger partial charge in [0, 0.05) is 10.0 Å². The lowest BCUT2D eigenvalue weighted by Gasteiger charge is -2.13. The fourth-order valence-electron chi connectivity index (χ4n) is 4.14. The number of sulfonamides is 1. The number of nitrogens with zero attached hydrogens (tertiary/aromatic N) is 2. The third-order valence-corrected chi connectivity index (χ3v) is 8.60. The van der Waals surface area contributed by atoms with Crippen LogP contribution in [0.5, 0.6) is 0 Å². The Labute approximate surface area is 220 Å². The van der Waals surface area contributed by atoms with Gasteiger partial charge in [0.25, 0.3) is 5.91 Å². The van der Waals surface area contributed by atoms with Crippen LogP contribution in [0.4, 0.5) is 10.1 Å². The van der Waals surface area contributed by atoms with Gasteiger partial charge in [0.1, 0.15) is 11.5 Å². The summed E-state index contributed by atoms with van der Waals surface area (Å²) in [5.74, 6) is -1.06. The molecular formula is C25H21BrClFN4O3S. The van der Waals surface area contributed by atoms with Gasteiger partial charge in [0.05, 0.1) is 33.7 Å². The van der Waals surface area contributed by atoms with E-state index >= 15 is 0 Å². The second-order valence-electron chi connectivity index (χ2n) is 8.76. The summed E-state index contributed by atoms with van der Waals surface area (Å²) in [4.78, 5) is 12.4. The number of amides is 1. The molecule has 1 aliphatic rings. The number of carbonyl (C=O) groups is 1. The first-order valence-corrected chi connectivity index (χ1v) is 14.0. The molecule has 0 saturated heterocycles. The van der Waals surface area contributed by atoms with Gasteiger partial charge in [-0.1, -0.05) is 17.7 Å². The first-order valence-electron chi connectivity index (χ1n) is 11.2. The number of primary amides is 1. The second-order valence-corrected chi connectivity index (χ2v) is 11.9.